The molecule has 36 heavy (non-hydrogen) atoms. The van der Waals surface area contributed by atoms with Gasteiger partial charge in [-0.3, -0.25) is 9.59 Å². The van der Waals surface area contributed by atoms with Crippen LogP contribution in [0.2, 0.25) is 15.1 Å². The van der Waals surface area contributed by atoms with Crippen LogP contribution in [0.5, 0.6) is 5.75 Å². The third-order valence-electron chi connectivity index (χ3n) is 5.24. The lowest BCUT2D eigenvalue weighted by Gasteiger charge is -2.22. The van der Waals surface area contributed by atoms with E-state index in [1.54, 1.807) is 30.3 Å². The molecule has 1 heterocycles. The van der Waals surface area contributed by atoms with Crippen LogP contribution in [-0.2, 0) is 11.3 Å². The van der Waals surface area contributed by atoms with Crippen LogP contribution in [0.1, 0.15) is 43.0 Å². The van der Waals surface area contributed by atoms with Crippen molar-refractivity contribution in [3.8, 4) is 5.75 Å². The Kier molecular flexibility index (Phi) is 9.90. The van der Waals surface area contributed by atoms with E-state index in [-0.39, 0.29) is 23.5 Å². The Morgan fingerprint density at radius 1 is 1.08 bits per heavy atom. The summed E-state index contributed by atoms with van der Waals surface area (Å²) in [5, 5.41) is 16.2. The predicted octanol–water partition coefficient (Wildman–Crippen LogP) is 6.12. The van der Waals surface area contributed by atoms with Crippen LogP contribution in [0.15, 0.2) is 41.6 Å². The van der Waals surface area contributed by atoms with E-state index in [4.69, 9.17) is 39.5 Å². The molecule has 2 N–H and O–H groups in total. The zero-order valence-electron chi connectivity index (χ0n) is 20.1. The van der Waals surface area contributed by atoms with Crippen LogP contribution in [0.25, 0.3) is 0 Å². The fourth-order valence-electron chi connectivity index (χ4n) is 3.42. The Hall–Kier alpha value is -2.46. The highest BCUT2D eigenvalue weighted by atomic mass is 35.5. The fourth-order valence-corrected chi connectivity index (χ4v) is 4.70. The normalized spacial score (nSPS) is 11.9. The first-order valence-electron chi connectivity index (χ1n) is 11.1. The molecule has 0 saturated carbocycles. The van der Waals surface area contributed by atoms with E-state index < -0.39 is 6.04 Å². The van der Waals surface area contributed by atoms with Crippen LogP contribution in [0.4, 0.5) is 5.69 Å². The van der Waals surface area contributed by atoms with Crippen molar-refractivity contribution < 1.29 is 14.3 Å². The maximum Gasteiger partial charge on any atom is 0.251 e. The number of nitrogens with zero attached hydrogens (tertiary/aromatic N) is 3. The quantitative estimate of drug-likeness (QED) is 0.285. The predicted molar refractivity (Wildman–Crippen MR) is 145 cm³/mol. The number of hydrogen-bond donors (Lipinski definition) is 2. The van der Waals surface area contributed by atoms with Gasteiger partial charge in [-0.05, 0) is 49.2 Å². The summed E-state index contributed by atoms with van der Waals surface area (Å²) in [7, 11) is 1.52. The average Bonchev–Trinajstić information content (AvgIpc) is 3.25. The zero-order valence-corrected chi connectivity index (χ0v) is 23.2. The van der Waals surface area contributed by atoms with Gasteiger partial charge in [-0.25, -0.2) is 0 Å². The number of rotatable bonds is 10. The number of ether oxygens (including phenoxy) is 1. The van der Waals surface area contributed by atoms with Gasteiger partial charge in [0.05, 0.1) is 34.6 Å². The summed E-state index contributed by atoms with van der Waals surface area (Å²) in [6, 6.07) is 9.29. The van der Waals surface area contributed by atoms with Crippen molar-refractivity contribution in [3.05, 3.63) is 62.9 Å². The van der Waals surface area contributed by atoms with Gasteiger partial charge in [0, 0.05) is 17.1 Å². The van der Waals surface area contributed by atoms with Crippen molar-refractivity contribution in [2.75, 3.05) is 18.2 Å². The second-order valence-electron chi connectivity index (χ2n) is 8.09. The SMILES string of the molecule is CCn1c(SCC(=O)Nc2cc(Cl)ccc2OC)nnc1[C@H](NC(=O)c1ccc(Cl)c(Cl)c1)C(C)C. The van der Waals surface area contributed by atoms with Crippen LogP contribution in [-0.4, -0.2) is 39.4 Å². The summed E-state index contributed by atoms with van der Waals surface area (Å²) >= 11 is 19.3. The number of nitrogens with one attached hydrogen (secondary N) is 2. The molecule has 0 aliphatic heterocycles. The van der Waals surface area contributed by atoms with Crippen LogP contribution < -0.4 is 15.4 Å². The number of thioether (sulfide) groups is 1. The first kappa shape index (κ1) is 28.1. The lowest BCUT2D eigenvalue weighted by molar-refractivity contribution is -0.113. The summed E-state index contributed by atoms with van der Waals surface area (Å²) in [4.78, 5) is 25.5. The minimum Gasteiger partial charge on any atom is -0.495 e. The molecule has 12 heteroatoms. The molecule has 3 rings (SSSR count). The zero-order chi connectivity index (χ0) is 26.4. The lowest BCUT2D eigenvalue weighted by Crippen LogP contribution is -2.33. The Labute approximate surface area is 229 Å². The van der Waals surface area contributed by atoms with E-state index >= 15 is 0 Å². The van der Waals surface area contributed by atoms with Gasteiger partial charge >= 0.3 is 0 Å². The minimum atomic E-state index is -0.418. The Morgan fingerprint density at radius 2 is 1.83 bits per heavy atom. The summed E-state index contributed by atoms with van der Waals surface area (Å²) in [6.45, 7) is 6.46. The summed E-state index contributed by atoms with van der Waals surface area (Å²) in [5.74, 6) is 0.663. The molecule has 2 amide bonds. The molecule has 0 bridgehead atoms. The van der Waals surface area contributed by atoms with E-state index in [9.17, 15) is 9.59 Å². The van der Waals surface area contributed by atoms with Crippen LogP contribution >= 0.6 is 46.6 Å². The number of carbonyl (C=O) groups excluding carboxylic acids is 2. The Balaban J connectivity index is 1.73. The van der Waals surface area contributed by atoms with Crippen molar-refractivity contribution in [2.24, 2.45) is 5.92 Å². The highest BCUT2D eigenvalue weighted by Crippen LogP contribution is 2.29. The molecule has 0 radical (unpaired) electrons. The second kappa shape index (κ2) is 12.7. The number of methoxy groups -OCH3 is 1. The number of anilines is 1. The van der Waals surface area contributed by atoms with Gasteiger partial charge < -0.3 is 19.9 Å². The van der Waals surface area contributed by atoms with Gasteiger partial charge in [-0.15, -0.1) is 10.2 Å². The third-order valence-corrected chi connectivity index (χ3v) is 7.18. The summed E-state index contributed by atoms with van der Waals surface area (Å²) in [5.41, 5.74) is 0.874. The molecule has 2 aromatic carbocycles. The van der Waals surface area contributed by atoms with Gasteiger partial charge in [0.2, 0.25) is 5.91 Å². The van der Waals surface area contributed by atoms with E-state index in [0.717, 1.165) is 0 Å². The Bertz CT molecular complexity index is 1250. The van der Waals surface area contributed by atoms with Gasteiger partial charge in [0.25, 0.3) is 5.91 Å². The molecule has 0 aliphatic carbocycles. The second-order valence-corrected chi connectivity index (χ2v) is 10.3. The van der Waals surface area contributed by atoms with Crippen LogP contribution in [0.3, 0.4) is 0 Å². The number of aromatic nitrogens is 3. The van der Waals surface area contributed by atoms with Crippen molar-refractivity contribution in [2.45, 2.75) is 38.5 Å². The standard InChI is InChI=1S/C24H26Cl3N5O3S/c1-5-32-22(21(13(2)3)29-23(34)14-6-8-16(26)17(27)10-14)30-31-24(32)36-12-20(33)28-18-11-15(25)7-9-19(18)35-4/h6-11,13,21H,5,12H2,1-4H3,(H,28,33)(H,29,34)/t21-/m1/s1. The number of halogens is 3. The maximum absolute atomic E-state index is 12.9. The molecule has 0 spiro atoms. The molecule has 1 atom stereocenters. The van der Waals surface area contributed by atoms with Crippen molar-refractivity contribution >= 4 is 64.1 Å². The molecule has 192 valence electrons. The number of benzene rings is 2. The van der Waals surface area contributed by atoms with Crippen molar-refractivity contribution in [1.82, 2.24) is 20.1 Å². The van der Waals surface area contributed by atoms with Crippen LogP contribution in [0, 0.1) is 5.92 Å². The topological polar surface area (TPSA) is 98.1 Å². The first-order valence-corrected chi connectivity index (χ1v) is 13.2. The van der Waals surface area contributed by atoms with Crippen molar-refractivity contribution in [3.63, 3.8) is 0 Å². The smallest absolute Gasteiger partial charge is 0.251 e. The number of hydrogen-bond acceptors (Lipinski definition) is 6. The molecule has 1 aromatic heterocycles. The molecule has 8 nitrogen and oxygen atoms in total. The van der Waals surface area contributed by atoms with E-state index in [2.05, 4.69) is 20.8 Å². The monoisotopic (exact) mass is 569 g/mol. The summed E-state index contributed by atoms with van der Waals surface area (Å²) in [6.07, 6.45) is 0. The Morgan fingerprint density at radius 3 is 2.47 bits per heavy atom. The first-order chi connectivity index (χ1) is 17.1. The largest absolute Gasteiger partial charge is 0.495 e. The molecule has 3 aromatic rings. The lowest BCUT2D eigenvalue weighted by atomic mass is 10.0. The summed E-state index contributed by atoms with van der Waals surface area (Å²) < 4.78 is 7.16. The molecule has 0 fully saturated rings. The van der Waals surface area contributed by atoms with E-state index in [1.807, 2.05) is 25.3 Å². The van der Waals surface area contributed by atoms with Gasteiger partial charge in [-0.2, -0.15) is 0 Å². The molecule has 0 saturated heterocycles. The minimum absolute atomic E-state index is 0.0164. The number of amides is 2. The van der Waals surface area contributed by atoms with E-state index in [0.29, 0.717) is 49.6 Å². The van der Waals surface area contributed by atoms with E-state index in [1.165, 1.54) is 24.9 Å². The highest BCUT2D eigenvalue weighted by Gasteiger charge is 2.26. The number of carbonyl (C=O) groups is 2. The fraction of sp³-hybridized carbons (Fsp3) is 0.333. The molecular weight excluding hydrogens is 545 g/mol. The maximum atomic E-state index is 12.9. The molecule has 0 aliphatic rings. The van der Waals surface area contributed by atoms with Crippen molar-refractivity contribution in [1.29, 1.82) is 0 Å². The van der Waals surface area contributed by atoms with Gasteiger partial charge in [0.15, 0.2) is 11.0 Å². The molecule has 0 unspecified atom stereocenters. The average molecular weight is 571 g/mol. The van der Waals surface area contributed by atoms with Gasteiger partial charge in [-0.1, -0.05) is 60.4 Å². The third kappa shape index (κ3) is 6.85. The van der Waals surface area contributed by atoms with Gasteiger partial charge in [0.1, 0.15) is 5.75 Å². The molecular formula is C24H26Cl3N5O3S. The highest BCUT2D eigenvalue weighted by molar-refractivity contribution is 7.99.